The summed E-state index contributed by atoms with van der Waals surface area (Å²) in [4.78, 5) is 0. The number of hydrogen-bond donors (Lipinski definition) is 0. The van der Waals surface area contributed by atoms with Crippen molar-refractivity contribution in [1.82, 2.24) is 0 Å². The molecule has 1 heterocycles. The molecular weight excluding hydrogens is 219 g/mol. The summed E-state index contributed by atoms with van der Waals surface area (Å²) in [7, 11) is 0. The Morgan fingerprint density at radius 1 is 0.857 bits per heavy atom. The first-order valence-electron chi connectivity index (χ1n) is 5.70. The largest absolute Gasteiger partial charge is 0.337 e. The standard InChI is InChI=1S/C11H12Cl2O/c12-10-2-6-4-1-5-7(6)3-11(13,14-10)9(5)8(4)10/h4-9H,1-3H2/t4-,5+,6-,7+,8-,9-,10-,11+/m0/s1. The minimum Gasteiger partial charge on any atom is -0.337 e. The maximum absolute atomic E-state index is 6.62. The molecule has 0 N–H and O–H groups in total. The summed E-state index contributed by atoms with van der Waals surface area (Å²) in [6.07, 6.45) is 3.56. The van der Waals surface area contributed by atoms with Crippen LogP contribution < -0.4 is 0 Å². The summed E-state index contributed by atoms with van der Waals surface area (Å²) < 4.78 is 6.04. The van der Waals surface area contributed by atoms with E-state index in [1.165, 1.54) is 6.42 Å². The second-order valence-corrected chi connectivity index (χ2v) is 7.30. The summed E-state index contributed by atoms with van der Waals surface area (Å²) in [6.45, 7) is 0. The lowest BCUT2D eigenvalue weighted by Crippen LogP contribution is -2.27. The Morgan fingerprint density at radius 2 is 1.36 bits per heavy atom. The molecule has 5 aliphatic rings. The summed E-state index contributed by atoms with van der Waals surface area (Å²) >= 11 is 13.2. The molecule has 4 aliphatic carbocycles. The van der Waals surface area contributed by atoms with Gasteiger partial charge in [-0.1, -0.05) is 23.2 Å². The van der Waals surface area contributed by atoms with Crippen molar-refractivity contribution < 1.29 is 4.74 Å². The van der Waals surface area contributed by atoms with Gasteiger partial charge in [0.25, 0.3) is 0 Å². The number of fused-ring (bicyclic) bond motifs is 1. The lowest BCUT2D eigenvalue weighted by molar-refractivity contribution is -0.0159. The summed E-state index contributed by atoms with van der Waals surface area (Å²) in [5, 5.41) is -0.719. The molecule has 5 fully saturated rings. The Morgan fingerprint density at radius 3 is 1.86 bits per heavy atom. The van der Waals surface area contributed by atoms with Crippen LogP contribution >= 0.6 is 23.2 Å². The van der Waals surface area contributed by atoms with Crippen LogP contribution in [-0.2, 0) is 4.74 Å². The summed E-state index contributed by atoms with van der Waals surface area (Å²) in [5.74, 6) is 4.60. The van der Waals surface area contributed by atoms with Crippen LogP contribution in [0, 0.1) is 35.5 Å². The van der Waals surface area contributed by atoms with E-state index in [9.17, 15) is 0 Å². The summed E-state index contributed by atoms with van der Waals surface area (Å²) in [6, 6.07) is 0. The van der Waals surface area contributed by atoms with Gasteiger partial charge in [-0.15, -0.1) is 0 Å². The third kappa shape index (κ3) is 0.522. The molecule has 4 saturated carbocycles. The van der Waals surface area contributed by atoms with E-state index in [2.05, 4.69) is 0 Å². The highest BCUT2D eigenvalue weighted by molar-refractivity contribution is 6.27. The van der Waals surface area contributed by atoms with Gasteiger partial charge in [-0.25, -0.2) is 0 Å². The van der Waals surface area contributed by atoms with Crippen LogP contribution in [0.4, 0.5) is 0 Å². The predicted octanol–water partition coefficient (Wildman–Crippen LogP) is 2.81. The molecule has 0 aromatic rings. The SMILES string of the molecule is Cl[C@]12C[C@H]3[C@H]4C[C@](Cl)(O1)[C@H]1[C@H]4C[C@H]3[C@@H]12. The molecule has 0 aromatic carbocycles. The second kappa shape index (κ2) is 1.78. The highest BCUT2D eigenvalue weighted by Crippen LogP contribution is 2.82. The topological polar surface area (TPSA) is 9.23 Å². The van der Waals surface area contributed by atoms with Crippen molar-refractivity contribution in [3.05, 3.63) is 0 Å². The Kier molecular flexibility index (Phi) is 0.989. The van der Waals surface area contributed by atoms with Gasteiger partial charge in [0, 0.05) is 11.8 Å². The van der Waals surface area contributed by atoms with E-state index >= 15 is 0 Å². The van der Waals surface area contributed by atoms with Gasteiger partial charge in [0.05, 0.1) is 0 Å². The minimum atomic E-state index is -0.359. The zero-order chi connectivity index (χ0) is 9.29. The van der Waals surface area contributed by atoms with Crippen molar-refractivity contribution in [2.45, 2.75) is 29.4 Å². The maximum Gasteiger partial charge on any atom is 0.147 e. The molecule has 76 valence electrons. The van der Waals surface area contributed by atoms with E-state index in [1.807, 2.05) is 0 Å². The van der Waals surface area contributed by atoms with Crippen molar-refractivity contribution >= 4 is 23.2 Å². The molecule has 1 aliphatic heterocycles. The number of rotatable bonds is 0. The highest BCUT2D eigenvalue weighted by Gasteiger charge is 2.82. The van der Waals surface area contributed by atoms with Gasteiger partial charge in [0.15, 0.2) is 0 Å². The minimum absolute atomic E-state index is 0.359. The lowest BCUT2D eigenvalue weighted by Gasteiger charge is -2.24. The third-order valence-electron chi connectivity index (χ3n) is 5.87. The van der Waals surface area contributed by atoms with Crippen molar-refractivity contribution in [1.29, 1.82) is 0 Å². The van der Waals surface area contributed by atoms with Crippen LogP contribution in [0.1, 0.15) is 19.3 Å². The van der Waals surface area contributed by atoms with Crippen LogP contribution in [0.2, 0.25) is 0 Å². The van der Waals surface area contributed by atoms with Crippen LogP contribution in [0.25, 0.3) is 0 Å². The molecule has 1 saturated heterocycles. The molecular formula is C11H12Cl2O. The highest BCUT2D eigenvalue weighted by atomic mass is 35.5. The van der Waals surface area contributed by atoms with Gasteiger partial charge in [-0.2, -0.15) is 0 Å². The van der Waals surface area contributed by atoms with E-state index in [0.717, 1.165) is 36.5 Å². The Bertz CT molecular complexity index is 323. The molecule has 8 atom stereocenters. The molecule has 5 rings (SSSR count). The van der Waals surface area contributed by atoms with E-state index < -0.39 is 0 Å². The first kappa shape index (κ1) is 7.76. The van der Waals surface area contributed by atoms with Crippen molar-refractivity contribution in [3.8, 4) is 0 Å². The van der Waals surface area contributed by atoms with Gasteiger partial charge < -0.3 is 4.74 Å². The quantitative estimate of drug-likeness (QED) is 0.582. The first-order chi connectivity index (χ1) is 6.62. The van der Waals surface area contributed by atoms with E-state index in [0.29, 0.717) is 11.8 Å². The predicted molar refractivity (Wildman–Crippen MR) is 53.0 cm³/mol. The molecule has 3 heteroatoms. The van der Waals surface area contributed by atoms with Crippen LogP contribution in [0.15, 0.2) is 0 Å². The molecule has 0 amide bonds. The maximum atomic E-state index is 6.62. The number of halogens is 2. The third-order valence-corrected chi connectivity index (χ3v) is 6.83. The fourth-order valence-electron chi connectivity index (χ4n) is 5.85. The molecule has 0 unspecified atom stereocenters. The Balaban J connectivity index is 1.86. The van der Waals surface area contributed by atoms with Crippen molar-refractivity contribution in [2.24, 2.45) is 35.5 Å². The van der Waals surface area contributed by atoms with Crippen LogP contribution in [0.3, 0.4) is 0 Å². The van der Waals surface area contributed by atoms with E-state index in [4.69, 9.17) is 27.9 Å². The number of ether oxygens (including phenoxy) is 1. The van der Waals surface area contributed by atoms with Crippen LogP contribution in [-0.4, -0.2) is 10.1 Å². The zero-order valence-corrected chi connectivity index (χ0v) is 9.26. The molecule has 14 heavy (non-hydrogen) atoms. The molecule has 2 bridgehead atoms. The fourth-order valence-corrected chi connectivity index (χ4v) is 7.12. The molecule has 0 radical (unpaired) electrons. The number of hydrogen-bond acceptors (Lipinski definition) is 1. The number of alkyl halides is 2. The average molecular weight is 231 g/mol. The molecule has 1 nitrogen and oxygen atoms in total. The van der Waals surface area contributed by atoms with Gasteiger partial charge in [0.2, 0.25) is 0 Å². The first-order valence-corrected chi connectivity index (χ1v) is 6.46. The summed E-state index contributed by atoms with van der Waals surface area (Å²) in [5.41, 5.74) is 0. The normalized spacial score (nSPS) is 81.0. The van der Waals surface area contributed by atoms with Gasteiger partial charge in [-0.05, 0) is 42.9 Å². The van der Waals surface area contributed by atoms with Crippen LogP contribution in [0.5, 0.6) is 0 Å². The van der Waals surface area contributed by atoms with Crippen molar-refractivity contribution in [2.75, 3.05) is 0 Å². The average Bonchev–Trinajstić information content (AvgIpc) is 2.69. The van der Waals surface area contributed by atoms with Gasteiger partial charge >= 0.3 is 0 Å². The zero-order valence-electron chi connectivity index (χ0n) is 7.75. The Labute approximate surface area is 93.1 Å². The monoisotopic (exact) mass is 230 g/mol. The molecule has 0 aromatic heterocycles. The fraction of sp³-hybridized carbons (Fsp3) is 1.00. The second-order valence-electron chi connectivity index (χ2n) is 6.03. The smallest absolute Gasteiger partial charge is 0.147 e. The van der Waals surface area contributed by atoms with E-state index in [-0.39, 0.29) is 10.1 Å². The van der Waals surface area contributed by atoms with Gasteiger partial charge in [0.1, 0.15) is 10.1 Å². The van der Waals surface area contributed by atoms with Crippen molar-refractivity contribution in [3.63, 3.8) is 0 Å². The van der Waals surface area contributed by atoms with E-state index in [1.54, 1.807) is 0 Å². The lowest BCUT2D eigenvalue weighted by atomic mass is 9.80. The molecule has 0 spiro atoms. The Hall–Kier alpha value is 0.540. The van der Waals surface area contributed by atoms with Gasteiger partial charge in [-0.3, -0.25) is 0 Å².